The van der Waals surface area contributed by atoms with Gasteiger partial charge in [-0.2, -0.15) is 0 Å². The summed E-state index contributed by atoms with van der Waals surface area (Å²) in [6, 6.07) is 4.21. The molecule has 0 radical (unpaired) electrons. The van der Waals surface area contributed by atoms with Crippen LogP contribution in [0.15, 0.2) is 27.1 Å². The minimum Gasteiger partial charge on any atom is -0.436 e. The number of nitrogens with zero attached hydrogens (tertiary/aromatic N) is 1. The van der Waals surface area contributed by atoms with Gasteiger partial charge in [0.25, 0.3) is 5.91 Å². The van der Waals surface area contributed by atoms with Gasteiger partial charge in [-0.3, -0.25) is 4.79 Å². The molecule has 0 fully saturated rings. The van der Waals surface area contributed by atoms with Gasteiger partial charge >= 0.3 is 0 Å². The van der Waals surface area contributed by atoms with E-state index in [0.717, 1.165) is 0 Å². The first-order valence-corrected chi connectivity index (χ1v) is 5.97. The van der Waals surface area contributed by atoms with Crippen LogP contribution in [-0.2, 0) is 0 Å². The first-order chi connectivity index (χ1) is 8.47. The van der Waals surface area contributed by atoms with E-state index in [1.165, 1.54) is 18.2 Å². The number of benzene rings is 1. The Morgan fingerprint density at radius 1 is 1.44 bits per heavy atom. The van der Waals surface area contributed by atoms with E-state index in [-0.39, 0.29) is 16.1 Å². The SMILES string of the molecule is Cc1nc(C)c(C(=O)Nc2ccc(F)c(Br)c2)o1. The molecule has 4 nitrogen and oxygen atoms in total. The zero-order valence-corrected chi connectivity index (χ0v) is 11.3. The summed E-state index contributed by atoms with van der Waals surface area (Å²) in [7, 11) is 0. The van der Waals surface area contributed by atoms with Crippen LogP contribution >= 0.6 is 15.9 Å². The van der Waals surface area contributed by atoms with Gasteiger partial charge in [0.15, 0.2) is 5.89 Å². The second kappa shape index (κ2) is 4.89. The molecule has 0 bridgehead atoms. The molecular weight excluding hydrogens is 303 g/mol. The molecule has 1 aromatic carbocycles. The van der Waals surface area contributed by atoms with Gasteiger partial charge in [-0.15, -0.1) is 0 Å². The molecule has 0 aliphatic carbocycles. The maximum atomic E-state index is 13.0. The van der Waals surface area contributed by atoms with Crippen molar-refractivity contribution >= 4 is 27.5 Å². The highest BCUT2D eigenvalue weighted by Crippen LogP contribution is 2.21. The molecule has 2 rings (SSSR count). The van der Waals surface area contributed by atoms with Crippen LogP contribution in [0.4, 0.5) is 10.1 Å². The number of hydrogen-bond donors (Lipinski definition) is 1. The predicted molar refractivity (Wildman–Crippen MR) is 68.0 cm³/mol. The van der Waals surface area contributed by atoms with E-state index >= 15 is 0 Å². The van der Waals surface area contributed by atoms with Crippen molar-refractivity contribution in [1.29, 1.82) is 0 Å². The molecule has 0 unspecified atom stereocenters. The molecule has 0 saturated heterocycles. The molecule has 6 heteroatoms. The molecule has 0 aliphatic heterocycles. The lowest BCUT2D eigenvalue weighted by atomic mass is 10.3. The van der Waals surface area contributed by atoms with Crippen molar-refractivity contribution < 1.29 is 13.6 Å². The van der Waals surface area contributed by atoms with Crippen LogP contribution in [0.3, 0.4) is 0 Å². The molecule has 0 spiro atoms. The molecule has 0 atom stereocenters. The van der Waals surface area contributed by atoms with Crippen molar-refractivity contribution in [2.24, 2.45) is 0 Å². The lowest BCUT2D eigenvalue weighted by molar-refractivity contribution is 0.0994. The summed E-state index contributed by atoms with van der Waals surface area (Å²) in [5, 5.41) is 2.61. The van der Waals surface area contributed by atoms with E-state index in [9.17, 15) is 9.18 Å². The molecular formula is C12H10BrFN2O2. The zero-order chi connectivity index (χ0) is 13.3. The first-order valence-electron chi connectivity index (χ1n) is 5.18. The highest BCUT2D eigenvalue weighted by molar-refractivity contribution is 9.10. The Morgan fingerprint density at radius 3 is 2.72 bits per heavy atom. The largest absolute Gasteiger partial charge is 0.436 e. The Bertz CT molecular complexity index is 610. The van der Waals surface area contributed by atoms with E-state index in [1.807, 2.05) is 0 Å². The van der Waals surface area contributed by atoms with Gasteiger partial charge in [-0.05, 0) is 41.1 Å². The number of carbonyl (C=O) groups excluding carboxylic acids is 1. The van der Waals surface area contributed by atoms with Gasteiger partial charge in [-0.25, -0.2) is 9.37 Å². The fraction of sp³-hybridized carbons (Fsp3) is 0.167. The van der Waals surface area contributed by atoms with Gasteiger partial charge in [0.2, 0.25) is 5.76 Å². The number of nitrogens with one attached hydrogen (secondary N) is 1. The number of aromatic nitrogens is 1. The van der Waals surface area contributed by atoms with Gasteiger partial charge in [0.1, 0.15) is 5.82 Å². The van der Waals surface area contributed by atoms with E-state index in [2.05, 4.69) is 26.2 Å². The maximum Gasteiger partial charge on any atom is 0.293 e. The maximum absolute atomic E-state index is 13.0. The third kappa shape index (κ3) is 2.59. The second-order valence-electron chi connectivity index (χ2n) is 3.73. The normalized spacial score (nSPS) is 10.4. The number of hydrogen-bond acceptors (Lipinski definition) is 3. The average molecular weight is 313 g/mol. The number of halogens is 2. The third-order valence-electron chi connectivity index (χ3n) is 2.29. The summed E-state index contributed by atoms with van der Waals surface area (Å²) >= 11 is 3.05. The van der Waals surface area contributed by atoms with Gasteiger partial charge in [0, 0.05) is 12.6 Å². The number of carbonyl (C=O) groups is 1. The van der Waals surface area contributed by atoms with Crippen LogP contribution in [0.5, 0.6) is 0 Å². The topological polar surface area (TPSA) is 55.1 Å². The van der Waals surface area contributed by atoms with Crippen LogP contribution in [0.1, 0.15) is 22.1 Å². The molecule has 0 aliphatic rings. The monoisotopic (exact) mass is 312 g/mol. The van der Waals surface area contributed by atoms with Crippen molar-refractivity contribution in [2.45, 2.75) is 13.8 Å². The highest BCUT2D eigenvalue weighted by Gasteiger charge is 2.16. The van der Waals surface area contributed by atoms with Gasteiger partial charge < -0.3 is 9.73 Å². The Labute approximate surface area is 111 Å². The van der Waals surface area contributed by atoms with Crippen LogP contribution < -0.4 is 5.32 Å². The minimum atomic E-state index is -0.411. The lowest BCUT2D eigenvalue weighted by Crippen LogP contribution is -2.12. The fourth-order valence-corrected chi connectivity index (χ4v) is 1.88. The standard InChI is InChI=1S/C12H10BrFN2O2/c1-6-11(18-7(2)15-6)12(17)16-8-3-4-10(14)9(13)5-8/h3-5H,1-2H3,(H,16,17). The van der Waals surface area contributed by atoms with Crippen molar-refractivity contribution in [2.75, 3.05) is 5.32 Å². The Kier molecular flexibility index (Phi) is 3.47. The van der Waals surface area contributed by atoms with Crippen LogP contribution in [-0.4, -0.2) is 10.9 Å². The summed E-state index contributed by atoms with van der Waals surface area (Å²) in [4.78, 5) is 15.9. The zero-order valence-electron chi connectivity index (χ0n) is 9.75. The summed E-state index contributed by atoms with van der Waals surface area (Å²) < 4.78 is 18.5. The van der Waals surface area contributed by atoms with Crippen molar-refractivity contribution in [1.82, 2.24) is 4.98 Å². The number of anilines is 1. The highest BCUT2D eigenvalue weighted by atomic mass is 79.9. The van der Waals surface area contributed by atoms with E-state index < -0.39 is 5.91 Å². The summed E-state index contributed by atoms with van der Waals surface area (Å²) in [5.41, 5.74) is 0.993. The van der Waals surface area contributed by atoms with E-state index in [0.29, 0.717) is 17.3 Å². The van der Waals surface area contributed by atoms with E-state index in [4.69, 9.17) is 4.42 Å². The molecule has 1 aromatic heterocycles. The quantitative estimate of drug-likeness (QED) is 0.924. The van der Waals surface area contributed by atoms with Gasteiger partial charge in [-0.1, -0.05) is 0 Å². The van der Waals surface area contributed by atoms with Crippen molar-refractivity contribution in [3.63, 3.8) is 0 Å². The molecule has 1 N–H and O–H groups in total. The Hall–Kier alpha value is -1.69. The third-order valence-corrected chi connectivity index (χ3v) is 2.89. The molecule has 1 heterocycles. The Morgan fingerprint density at radius 2 is 2.17 bits per heavy atom. The van der Waals surface area contributed by atoms with Crippen molar-refractivity contribution in [3.05, 3.63) is 45.8 Å². The van der Waals surface area contributed by atoms with Crippen molar-refractivity contribution in [3.8, 4) is 0 Å². The van der Waals surface area contributed by atoms with Crippen LogP contribution in [0.25, 0.3) is 0 Å². The molecule has 18 heavy (non-hydrogen) atoms. The predicted octanol–water partition coefficient (Wildman–Crippen LogP) is 3.45. The number of rotatable bonds is 2. The van der Waals surface area contributed by atoms with E-state index in [1.54, 1.807) is 13.8 Å². The molecule has 0 saturated carbocycles. The Balaban J connectivity index is 2.21. The molecule has 1 amide bonds. The number of oxazole rings is 1. The fourth-order valence-electron chi connectivity index (χ4n) is 1.50. The summed E-state index contributed by atoms with van der Waals surface area (Å²) in [6.07, 6.45) is 0. The number of amides is 1. The second-order valence-corrected chi connectivity index (χ2v) is 4.58. The lowest BCUT2D eigenvalue weighted by Gasteiger charge is -2.04. The minimum absolute atomic E-state index is 0.160. The summed E-state index contributed by atoms with van der Waals surface area (Å²) in [6.45, 7) is 3.35. The summed E-state index contributed by atoms with van der Waals surface area (Å²) in [5.74, 6) is -0.211. The molecule has 2 aromatic rings. The smallest absolute Gasteiger partial charge is 0.293 e. The number of aryl methyl sites for hydroxylation is 2. The van der Waals surface area contributed by atoms with Crippen LogP contribution in [0, 0.1) is 19.7 Å². The first kappa shape index (κ1) is 12.8. The molecule has 94 valence electrons. The van der Waals surface area contributed by atoms with Crippen LogP contribution in [0.2, 0.25) is 0 Å². The van der Waals surface area contributed by atoms with Gasteiger partial charge in [0.05, 0.1) is 10.2 Å². The average Bonchev–Trinajstić information content (AvgIpc) is 2.63.